The molecule has 1 aromatic carbocycles. The summed E-state index contributed by atoms with van der Waals surface area (Å²) < 4.78 is 21.7. The molecule has 2 unspecified atom stereocenters. The molecule has 2 heterocycles. The van der Waals surface area contributed by atoms with Crippen molar-refractivity contribution in [1.29, 1.82) is 0 Å². The minimum absolute atomic E-state index is 0.209. The van der Waals surface area contributed by atoms with E-state index >= 15 is 0 Å². The maximum atomic E-state index is 12.2. The van der Waals surface area contributed by atoms with Crippen molar-refractivity contribution < 1.29 is 28.5 Å². The van der Waals surface area contributed by atoms with Crippen LogP contribution in [0.5, 0.6) is 0 Å². The Kier molecular flexibility index (Phi) is 6.10. The summed E-state index contributed by atoms with van der Waals surface area (Å²) in [6, 6.07) is 7.67. The summed E-state index contributed by atoms with van der Waals surface area (Å²) in [6.07, 6.45) is 2.51. The van der Waals surface area contributed by atoms with E-state index in [0.717, 1.165) is 24.3 Å². The van der Waals surface area contributed by atoms with Crippen molar-refractivity contribution >= 4 is 11.9 Å². The molecule has 0 radical (unpaired) electrons. The molecular formula is C22H30O6. The fraction of sp³-hybridized carbons (Fsp3) is 0.636. The molecule has 0 amide bonds. The van der Waals surface area contributed by atoms with Gasteiger partial charge in [0.1, 0.15) is 11.2 Å². The van der Waals surface area contributed by atoms with Gasteiger partial charge in [0.25, 0.3) is 0 Å². The van der Waals surface area contributed by atoms with Gasteiger partial charge >= 0.3 is 11.9 Å². The predicted octanol–water partition coefficient (Wildman–Crippen LogP) is 3.60. The highest BCUT2D eigenvalue weighted by molar-refractivity contribution is 5.70. The topological polar surface area (TPSA) is 77.7 Å². The lowest BCUT2D eigenvalue weighted by atomic mass is 9.90. The monoisotopic (exact) mass is 390 g/mol. The van der Waals surface area contributed by atoms with Crippen LogP contribution in [-0.4, -0.2) is 37.4 Å². The molecule has 2 aliphatic heterocycles. The number of esters is 2. The number of hydrogen-bond acceptors (Lipinski definition) is 6. The van der Waals surface area contributed by atoms with Gasteiger partial charge in [0, 0.05) is 12.8 Å². The largest absolute Gasteiger partial charge is 0.455 e. The van der Waals surface area contributed by atoms with Crippen molar-refractivity contribution in [2.45, 2.75) is 76.8 Å². The first-order chi connectivity index (χ1) is 13.2. The molecule has 2 fully saturated rings. The Labute approximate surface area is 166 Å². The van der Waals surface area contributed by atoms with Crippen molar-refractivity contribution in [3.63, 3.8) is 0 Å². The number of carbonyl (C=O) groups is 2. The molecule has 0 bridgehead atoms. The lowest BCUT2D eigenvalue weighted by molar-refractivity contribution is -0.158. The molecule has 0 saturated carbocycles. The second kappa shape index (κ2) is 8.21. The minimum Gasteiger partial charge on any atom is -0.455 e. The van der Waals surface area contributed by atoms with Gasteiger partial charge in [-0.3, -0.25) is 9.59 Å². The van der Waals surface area contributed by atoms with E-state index < -0.39 is 11.2 Å². The van der Waals surface area contributed by atoms with Crippen LogP contribution in [0.25, 0.3) is 0 Å². The van der Waals surface area contributed by atoms with Crippen LogP contribution in [0.3, 0.4) is 0 Å². The van der Waals surface area contributed by atoms with Gasteiger partial charge in [0.2, 0.25) is 0 Å². The Balaban J connectivity index is 1.61. The van der Waals surface area contributed by atoms with Gasteiger partial charge < -0.3 is 18.9 Å². The Morgan fingerprint density at radius 3 is 1.64 bits per heavy atom. The van der Waals surface area contributed by atoms with E-state index in [2.05, 4.69) is 0 Å². The first-order valence-corrected chi connectivity index (χ1v) is 9.93. The minimum atomic E-state index is -0.777. The number of rotatable bonds is 10. The molecule has 0 aromatic heterocycles. The molecule has 0 spiro atoms. The smallest absolute Gasteiger partial charge is 0.306 e. The zero-order valence-electron chi connectivity index (χ0n) is 17.2. The highest BCUT2D eigenvalue weighted by Gasteiger charge is 2.31. The molecule has 28 heavy (non-hydrogen) atoms. The van der Waals surface area contributed by atoms with Crippen LogP contribution < -0.4 is 0 Å². The van der Waals surface area contributed by atoms with Crippen molar-refractivity contribution in [3.8, 4) is 0 Å². The summed E-state index contributed by atoms with van der Waals surface area (Å²) >= 11 is 0. The van der Waals surface area contributed by atoms with Crippen LogP contribution in [0.2, 0.25) is 0 Å². The van der Waals surface area contributed by atoms with Crippen LogP contribution in [-0.2, 0) is 39.7 Å². The average molecular weight is 390 g/mol. The molecule has 2 saturated heterocycles. The number of epoxide rings is 2. The summed E-state index contributed by atoms with van der Waals surface area (Å²) in [4.78, 5) is 24.3. The van der Waals surface area contributed by atoms with Gasteiger partial charge in [-0.05, 0) is 57.7 Å². The fourth-order valence-corrected chi connectivity index (χ4v) is 3.08. The Bertz CT molecular complexity index is 658. The van der Waals surface area contributed by atoms with E-state index in [1.807, 2.05) is 52.0 Å². The lowest BCUT2D eigenvalue weighted by Crippen LogP contribution is -2.28. The van der Waals surface area contributed by atoms with Gasteiger partial charge in [-0.1, -0.05) is 18.2 Å². The third kappa shape index (κ3) is 6.04. The third-order valence-electron chi connectivity index (χ3n) is 5.14. The van der Waals surface area contributed by atoms with Gasteiger partial charge in [-0.2, -0.15) is 0 Å². The van der Waals surface area contributed by atoms with Crippen LogP contribution in [0, 0.1) is 0 Å². The standard InChI is InChI=1S/C22H30O6/c1-21(2,27-19(23)10-8-17-13-25-17)15-6-5-7-16(12-15)22(3,4)28-20(24)11-9-18-14-26-18/h5-7,12,17-18H,8-11,13-14H2,1-4H3. The van der Waals surface area contributed by atoms with E-state index in [9.17, 15) is 9.59 Å². The summed E-state index contributed by atoms with van der Waals surface area (Å²) in [5, 5.41) is 0. The zero-order chi connectivity index (χ0) is 20.4. The predicted molar refractivity (Wildman–Crippen MR) is 103 cm³/mol. The molecule has 0 aliphatic carbocycles. The second-order valence-electron chi connectivity index (χ2n) is 8.54. The molecule has 6 heteroatoms. The SMILES string of the molecule is CC(C)(OC(=O)CCC1CO1)c1cccc(C(C)(C)OC(=O)CCC2CO2)c1. The van der Waals surface area contributed by atoms with E-state index in [0.29, 0.717) is 25.7 Å². The lowest BCUT2D eigenvalue weighted by Gasteiger charge is -2.30. The van der Waals surface area contributed by atoms with Gasteiger partial charge in [-0.15, -0.1) is 0 Å². The highest BCUT2D eigenvalue weighted by Crippen LogP contribution is 2.32. The van der Waals surface area contributed by atoms with Crippen molar-refractivity contribution in [3.05, 3.63) is 35.4 Å². The van der Waals surface area contributed by atoms with Gasteiger partial charge in [0.15, 0.2) is 0 Å². The maximum Gasteiger partial charge on any atom is 0.306 e. The second-order valence-corrected chi connectivity index (χ2v) is 8.54. The van der Waals surface area contributed by atoms with Crippen LogP contribution in [0.4, 0.5) is 0 Å². The number of carbonyl (C=O) groups excluding carboxylic acids is 2. The molecule has 2 atom stereocenters. The van der Waals surface area contributed by atoms with Crippen molar-refractivity contribution in [2.75, 3.05) is 13.2 Å². The molecule has 3 rings (SSSR count). The molecule has 1 aromatic rings. The highest BCUT2D eigenvalue weighted by atomic mass is 16.6. The normalized spacial score (nSPS) is 21.1. The average Bonchev–Trinajstić information content (AvgIpc) is 3.53. The molecule has 6 nitrogen and oxygen atoms in total. The van der Waals surface area contributed by atoms with Crippen molar-refractivity contribution in [2.24, 2.45) is 0 Å². The molecule has 154 valence electrons. The van der Waals surface area contributed by atoms with Crippen LogP contribution in [0.1, 0.15) is 64.5 Å². The van der Waals surface area contributed by atoms with Crippen LogP contribution >= 0.6 is 0 Å². The van der Waals surface area contributed by atoms with Gasteiger partial charge in [-0.25, -0.2) is 0 Å². The summed E-state index contributed by atoms with van der Waals surface area (Å²) in [6.45, 7) is 8.94. The number of hydrogen-bond donors (Lipinski definition) is 0. The molecule has 0 N–H and O–H groups in total. The fourth-order valence-electron chi connectivity index (χ4n) is 3.08. The molecular weight excluding hydrogens is 360 g/mol. The van der Waals surface area contributed by atoms with Crippen LogP contribution in [0.15, 0.2) is 24.3 Å². The van der Waals surface area contributed by atoms with E-state index in [-0.39, 0.29) is 24.1 Å². The van der Waals surface area contributed by atoms with Gasteiger partial charge in [0.05, 0.1) is 25.4 Å². The maximum absolute atomic E-state index is 12.2. The zero-order valence-corrected chi connectivity index (χ0v) is 17.2. The van der Waals surface area contributed by atoms with E-state index in [1.54, 1.807) is 0 Å². The van der Waals surface area contributed by atoms with E-state index in [1.165, 1.54) is 0 Å². The Hall–Kier alpha value is -1.92. The number of benzene rings is 1. The quantitative estimate of drug-likeness (QED) is 0.449. The van der Waals surface area contributed by atoms with Crippen molar-refractivity contribution in [1.82, 2.24) is 0 Å². The summed E-state index contributed by atoms with van der Waals surface area (Å²) in [5.41, 5.74) is 0.162. The summed E-state index contributed by atoms with van der Waals surface area (Å²) in [7, 11) is 0. The van der Waals surface area contributed by atoms with E-state index in [4.69, 9.17) is 18.9 Å². The third-order valence-corrected chi connectivity index (χ3v) is 5.14. The Morgan fingerprint density at radius 2 is 1.29 bits per heavy atom. The Morgan fingerprint density at radius 1 is 0.893 bits per heavy atom. The molecule has 2 aliphatic rings. The summed E-state index contributed by atoms with van der Waals surface area (Å²) in [5.74, 6) is -0.474. The first kappa shape index (κ1) is 20.8. The first-order valence-electron chi connectivity index (χ1n) is 9.93. The number of ether oxygens (including phenoxy) is 4.